The molecule has 4 heteroatoms. The lowest BCUT2D eigenvalue weighted by molar-refractivity contribution is -0.158. The molecule has 4 atom stereocenters. The average Bonchev–Trinajstić information content (AvgIpc) is 3.01. The number of nitrogens with one attached hydrogen (secondary N) is 1. The van der Waals surface area contributed by atoms with E-state index >= 15 is 0 Å². The van der Waals surface area contributed by atoms with Crippen molar-refractivity contribution in [3.8, 4) is 0 Å². The van der Waals surface area contributed by atoms with Crippen LogP contribution in [0.25, 0.3) is 10.9 Å². The second-order valence-corrected chi connectivity index (χ2v) is 7.41. The number of aromatic amines is 1. The van der Waals surface area contributed by atoms with E-state index in [0.29, 0.717) is 5.92 Å². The Bertz CT molecular complexity index is 796. The van der Waals surface area contributed by atoms with Gasteiger partial charge in [-0.3, -0.25) is 9.69 Å². The first kappa shape index (κ1) is 13.6. The second-order valence-electron chi connectivity index (χ2n) is 7.41. The van der Waals surface area contributed by atoms with E-state index in [-0.39, 0.29) is 12.0 Å². The fourth-order valence-corrected chi connectivity index (χ4v) is 5.58. The molecule has 4 heterocycles. The van der Waals surface area contributed by atoms with Crippen LogP contribution in [0.4, 0.5) is 0 Å². The SMILES string of the molecule is COC(=O)[C@@]12C[C@H]3CC[C@@H]1N(CCc1c[nH]c4cccc2c14)C3. The summed E-state index contributed by atoms with van der Waals surface area (Å²) in [6, 6.07) is 6.65. The van der Waals surface area contributed by atoms with Crippen molar-refractivity contribution in [1.82, 2.24) is 9.88 Å². The van der Waals surface area contributed by atoms with Gasteiger partial charge in [0.15, 0.2) is 0 Å². The minimum absolute atomic E-state index is 0.0431. The van der Waals surface area contributed by atoms with Gasteiger partial charge in [-0.2, -0.15) is 0 Å². The smallest absolute Gasteiger partial charge is 0.317 e. The maximum Gasteiger partial charge on any atom is 0.317 e. The zero-order valence-corrected chi connectivity index (χ0v) is 13.5. The summed E-state index contributed by atoms with van der Waals surface area (Å²) in [7, 11) is 1.54. The summed E-state index contributed by atoms with van der Waals surface area (Å²) in [5.74, 6) is 0.563. The molecular weight excluding hydrogens is 288 g/mol. The first-order valence-electron chi connectivity index (χ1n) is 8.66. The van der Waals surface area contributed by atoms with Gasteiger partial charge in [-0.25, -0.2) is 0 Å². The molecule has 2 saturated heterocycles. The van der Waals surface area contributed by atoms with Gasteiger partial charge in [0.2, 0.25) is 0 Å². The summed E-state index contributed by atoms with van der Waals surface area (Å²) in [5.41, 5.74) is 3.19. The number of aromatic nitrogens is 1. The number of carbonyl (C=O) groups is 1. The van der Waals surface area contributed by atoms with Crippen LogP contribution in [-0.2, 0) is 21.4 Å². The number of rotatable bonds is 1. The van der Waals surface area contributed by atoms with Crippen molar-refractivity contribution >= 4 is 16.9 Å². The normalized spacial score (nSPS) is 34.9. The van der Waals surface area contributed by atoms with Crippen LogP contribution in [0, 0.1) is 5.92 Å². The van der Waals surface area contributed by atoms with Gasteiger partial charge in [0, 0.05) is 36.2 Å². The number of hydrogen-bond acceptors (Lipinski definition) is 3. The number of nitrogens with zero attached hydrogens (tertiary/aromatic N) is 1. The average molecular weight is 310 g/mol. The number of H-pyrrole nitrogens is 1. The molecule has 1 aromatic carbocycles. The van der Waals surface area contributed by atoms with Crippen molar-refractivity contribution < 1.29 is 9.53 Å². The molecule has 2 aromatic rings. The van der Waals surface area contributed by atoms with Crippen LogP contribution >= 0.6 is 0 Å². The summed E-state index contributed by atoms with van der Waals surface area (Å²) in [6.07, 6.45) is 6.47. The Morgan fingerprint density at radius 1 is 1.39 bits per heavy atom. The minimum Gasteiger partial charge on any atom is -0.468 e. The highest BCUT2D eigenvalue weighted by molar-refractivity contribution is 5.95. The van der Waals surface area contributed by atoms with Crippen LogP contribution in [-0.4, -0.2) is 42.1 Å². The first-order chi connectivity index (χ1) is 11.2. The third-order valence-electron chi connectivity index (χ3n) is 6.45. The molecule has 0 radical (unpaired) electrons. The molecule has 0 spiro atoms. The molecule has 1 aromatic heterocycles. The molecule has 3 aliphatic heterocycles. The Balaban J connectivity index is 1.85. The van der Waals surface area contributed by atoms with Crippen LogP contribution in [0.5, 0.6) is 0 Å². The molecule has 120 valence electrons. The van der Waals surface area contributed by atoms with E-state index in [9.17, 15) is 4.79 Å². The number of ether oxygens (including phenoxy) is 1. The van der Waals surface area contributed by atoms with E-state index < -0.39 is 5.41 Å². The summed E-state index contributed by atoms with van der Waals surface area (Å²) in [4.78, 5) is 19.0. The second kappa shape index (κ2) is 4.60. The van der Waals surface area contributed by atoms with Crippen LogP contribution in [0.2, 0.25) is 0 Å². The first-order valence-corrected chi connectivity index (χ1v) is 8.66. The Kier molecular flexibility index (Phi) is 2.72. The van der Waals surface area contributed by atoms with Crippen LogP contribution in [0.15, 0.2) is 24.4 Å². The van der Waals surface area contributed by atoms with E-state index in [4.69, 9.17) is 4.74 Å². The predicted octanol–water partition coefficient (Wildman–Crippen LogP) is 2.62. The summed E-state index contributed by atoms with van der Waals surface area (Å²) >= 11 is 0. The topological polar surface area (TPSA) is 45.3 Å². The van der Waals surface area contributed by atoms with Crippen molar-refractivity contribution in [3.05, 3.63) is 35.5 Å². The fraction of sp³-hybridized carbons (Fsp3) is 0.526. The standard InChI is InChI=1S/C19H22N2O2/c1-23-18(22)19-9-12-5-6-16(19)21(11-12)8-7-13-10-20-15-4-2-3-14(19)17(13)15/h2-4,10,12,16,20H,5-9,11H2,1H3/t12-,16+,19-/m1/s1. The Hall–Kier alpha value is -1.81. The van der Waals surface area contributed by atoms with Crippen molar-refractivity contribution in [1.29, 1.82) is 0 Å². The molecule has 6 rings (SSSR count). The largest absolute Gasteiger partial charge is 0.468 e. The van der Waals surface area contributed by atoms with Crippen molar-refractivity contribution in [3.63, 3.8) is 0 Å². The van der Waals surface area contributed by atoms with Crippen LogP contribution in [0.3, 0.4) is 0 Å². The molecule has 4 bridgehead atoms. The van der Waals surface area contributed by atoms with Crippen LogP contribution in [0.1, 0.15) is 30.4 Å². The number of hydrogen-bond donors (Lipinski definition) is 1. The van der Waals surface area contributed by atoms with E-state index in [1.54, 1.807) is 7.11 Å². The number of piperidine rings is 2. The van der Waals surface area contributed by atoms with Gasteiger partial charge < -0.3 is 9.72 Å². The van der Waals surface area contributed by atoms with Gasteiger partial charge in [0.05, 0.1) is 7.11 Å². The third-order valence-corrected chi connectivity index (χ3v) is 6.45. The van der Waals surface area contributed by atoms with Gasteiger partial charge in [0.1, 0.15) is 5.41 Å². The van der Waals surface area contributed by atoms with Crippen molar-refractivity contribution in [2.24, 2.45) is 5.92 Å². The molecule has 4 aliphatic rings. The molecule has 1 aliphatic carbocycles. The maximum absolute atomic E-state index is 13.1. The third kappa shape index (κ3) is 1.62. The summed E-state index contributed by atoms with van der Waals surface area (Å²) < 4.78 is 5.36. The summed E-state index contributed by atoms with van der Waals surface area (Å²) in [5, 5.41) is 1.27. The van der Waals surface area contributed by atoms with Crippen molar-refractivity contribution in [2.45, 2.75) is 37.1 Å². The van der Waals surface area contributed by atoms with E-state index in [1.165, 1.54) is 22.9 Å². The van der Waals surface area contributed by atoms with Gasteiger partial charge >= 0.3 is 5.97 Å². The lowest BCUT2D eigenvalue weighted by Crippen LogP contribution is -2.65. The lowest BCUT2D eigenvalue weighted by Gasteiger charge is -2.56. The minimum atomic E-state index is -0.493. The van der Waals surface area contributed by atoms with Gasteiger partial charge in [-0.15, -0.1) is 0 Å². The Morgan fingerprint density at radius 3 is 3.13 bits per heavy atom. The number of benzene rings is 1. The number of esters is 1. The van der Waals surface area contributed by atoms with E-state index in [0.717, 1.165) is 37.9 Å². The van der Waals surface area contributed by atoms with Crippen molar-refractivity contribution in [2.75, 3.05) is 20.2 Å². The molecule has 0 amide bonds. The highest BCUT2D eigenvalue weighted by Crippen LogP contribution is 2.52. The molecule has 23 heavy (non-hydrogen) atoms. The summed E-state index contributed by atoms with van der Waals surface area (Å²) in [6.45, 7) is 2.18. The van der Waals surface area contributed by atoms with Gasteiger partial charge in [0.25, 0.3) is 0 Å². The number of methoxy groups -OCH3 is 1. The number of fused-ring (bicyclic) bond motifs is 1. The van der Waals surface area contributed by atoms with E-state index in [1.807, 2.05) is 0 Å². The molecular formula is C19H22N2O2. The highest BCUT2D eigenvalue weighted by atomic mass is 16.5. The number of carbonyl (C=O) groups excluding carboxylic acids is 1. The van der Waals surface area contributed by atoms with E-state index in [2.05, 4.69) is 34.3 Å². The predicted molar refractivity (Wildman–Crippen MR) is 88.4 cm³/mol. The molecule has 1 saturated carbocycles. The highest BCUT2D eigenvalue weighted by Gasteiger charge is 2.58. The zero-order chi connectivity index (χ0) is 15.6. The maximum atomic E-state index is 13.1. The van der Waals surface area contributed by atoms with Gasteiger partial charge in [-0.05, 0) is 48.8 Å². The quantitative estimate of drug-likeness (QED) is 0.824. The molecule has 3 fully saturated rings. The Morgan fingerprint density at radius 2 is 2.30 bits per heavy atom. The lowest BCUT2D eigenvalue weighted by atomic mass is 9.58. The monoisotopic (exact) mass is 310 g/mol. The van der Waals surface area contributed by atoms with Gasteiger partial charge in [-0.1, -0.05) is 12.1 Å². The fourth-order valence-electron chi connectivity index (χ4n) is 5.58. The Labute approximate surface area is 135 Å². The molecule has 1 unspecified atom stereocenters. The van der Waals surface area contributed by atoms with Crippen LogP contribution < -0.4 is 0 Å². The molecule has 4 nitrogen and oxygen atoms in total. The molecule has 1 N–H and O–H groups in total. The zero-order valence-electron chi connectivity index (χ0n) is 13.5.